The molecular weight excluding hydrogens is 534 g/mol. The van der Waals surface area contributed by atoms with Crippen LogP contribution in [0, 0.1) is 0 Å². The number of aromatic amines is 1. The number of benzene rings is 3. The second-order valence-corrected chi connectivity index (χ2v) is 10.7. The molecule has 0 aliphatic carbocycles. The lowest BCUT2D eigenvalue weighted by Crippen LogP contribution is -2.50. The normalized spacial score (nSPS) is 17.6. The fourth-order valence-corrected chi connectivity index (χ4v) is 5.33. The van der Waals surface area contributed by atoms with Gasteiger partial charge in [0.05, 0.1) is 12.4 Å². The Balaban J connectivity index is 1.30. The average molecular weight is 568 g/mol. The molecule has 0 unspecified atom stereocenters. The van der Waals surface area contributed by atoms with E-state index in [2.05, 4.69) is 44.9 Å². The number of H-pyrrole nitrogens is 1. The van der Waals surface area contributed by atoms with Crippen LogP contribution in [0.3, 0.4) is 0 Å². The monoisotopic (exact) mass is 567 g/mol. The fraction of sp³-hybridized carbons (Fsp3) is 0.242. The molecule has 2 atom stereocenters. The smallest absolute Gasteiger partial charge is 0.244 e. The number of nitrogens with zero attached hydrogens (tertiary/aromatic N) is 2. The zero-order valence-corrected chi connectivity index (χ0v) is 23.5. The van der Waals surface area contributed by atoms with E-state index in [0.717, 1.165) is 11.3 Å². The minimum Gasteiger partial charge on any atom is -0.351 e. The molecule has 5 rings (SSSR count). The summed E-state index contributed by atoms with van der Waals surface area (Å²) in [7, 11) is 0. The van der Waals surface area contributed by atoms with Crippen molar-refractivity contribution >= 4 is 29.5 Å². The van der Waals surface area contributed by atoms with Crippen molar-refractivity contribution in [3.05, 3.63) is 131 Å². The largest absolute Gasteiger partial charge is 0.351 e. The highest BCUT2D eigenvalue weighted by atomic mass is 35.5. The predicted octanol–water partition coefficient (Wildman–Crippen LogP) is 4.83. The molecule has 8 heteroatoms. The molecule has 0 radical (unpaired) electrons. The summed E-state index contributed by atoms with van der Waals surface area (Å²) in [5, 5.41) is 7.18. The summed E-state index contributed by atoms with van der Waals surface area (Å²) >= 11 is 5.95. The van der Waals surface area contributed by atoms with Crippen molar-refractivity contribution in [3.8, 4) is 0 Å². The Morgan fingerprint density at radius 1 is 1.02 bits per heavy atom. The lowest BCUT2D eigenvalue weighted by Gasteiger charge is -2.29. The van der Waals surface area contributed by atoms with E-state index >= 15 is 0 Å². The maximum absolute atomic E-state index is 14.0. The van der Waals surface area contributed by atoms with Crippen LogP contribution in [0.25, 0.3) is 6.08 Å². The summed E-state index contributed by atoms with van der Waals surface area (Å²) in [6.45, 7) is 1.56. The van der Waals surface area contributed by atoms with E-state index in [1.807, 2.05) is 53.4 Å². The van der Waals surface area contributed by atoms with Gasteiger partial charge in [0.2, 0.25) is 11.8 Å². The topological polar surface area (TPSA) is 90.1 Å². The Bertz CT molecular complexity index is 1390. The highest BCUT2D eigenvalue weighted by Gasteiger charge is 2.33. The highest BCUT2D eigenvalue weighted by molar-refractivity contribution is 6.30. The van der Waals surface area contributed by atoms with Crippen LogP contribution >= 0.6 is 11.6 Å². The van der Waals surface area contributed by atoms with Gasteiger partial charge in [-0.05, 0) is 41.3 Å². The summed E-state index contributed by atoms with van der Waals surface area (Å²) < 4.78 is 0. The molecule has 0 spiro atoms. The van der Waals surface area contributed by atoms with Crippen LogP contribution in [-0.2, 0) is 16.0 Å². The van der Waals surface area contributed by atoms with E-state index < -0.39 is 6.04 Å². The molecule has 1 aliphatic heterocycles. The molecule has 2 amide bonds. The Morgan fingerprint density at radius 3 is 2.34 bits per heavy atom. The SMILES string of the molecule is O=C(/C=C/c1ccc(Cl)cc1)NC[C@@H]1CCN(CC(c2ccccc2)c2ccccc2)C(=O)[C@H](Cc2cnc[nH]2)N1. The first-order chi connectivity index (χ1) is 20.0. The second kappa shape index (κ2) is 13.9. The Morgan fingerprint density at radius 2 is 1.71 bits per heavy atom. The molecule has 0 bridgehead atoms. The van der Waals surface area contributed by atoms with Crippen LogP contribution < -0.4 is 10.6 Å². The Kier molecular flexibility index (Phi) is 9.62. The number of nitrogens with one attached hydrogen (secondary N) is 3. The third-order valence-electron chi connectivity index (χ3n) is 7.40. The maximum atomic E-state index is 14.0. The van der Waals surface area contributed by atoms with E-state index in [4.69, 9.17) is 11.6 Å². The van der Waals surface area contributed by atoms with E-state index in [1.54, 1.807) is 30.7 Å². The van der Waals surface area contributed by atoms with E-state index in [0.29, 0.717) is 37.5 Å². The summed E-state index contributed by atoms with van der Waals surface area (Å²) in [4.78, 5) is 35.8. The molecule has 2 heterocycles. The fourth-order valence-electron chi connectivity index (χ4n) is 5.21. The lowest BCUT2D eigenvalue weighted by molar-refractivity contribution is -0.132. The van der Waals surface area contributed by atoms with Crippen LogP contribution in [0.1, 0.15) is 34.7 Å². The van der Waals surface area contributed by atoms with Crippen molar-refractivity contribution in [3.63, 3.8) is 0 Å². The summed E-state index contributed by atoms with van der Waals surface area (Å²) in [6.07, 6.45) is 7.84. The van der Waals surface area contributed by atoms with Gasteiger partial charge in [0.25, 0.3) is 0 Å². The average Bonchev–Trinajstić information content (AvgIpc) is 3.47. The zero-order chi connectivity index (χ0) is 28.4. The van der Waals surface area contributed by atoms with E-state index in [9.17, 15) is 9.59 Å². The molecule has 210 valence electrons. The number of carbonyl (C=O) groups excluding carboxylic acids is 2. The van der Waals surface area contributed by atoms with Gasteiger partial charge in [0, 0.05) is 61.0 Å². The second-order valence-electron chi connectivity index (χ2n) is 10.3. The van der Waals surface area contributed by atoms with Crippen LogP contribution in [0.15, 0.2) is 104 Å². The summed E-state index contributed by atoms with van der Waals surface area (Å²) in [5.41, 5.74) is 4.12. The van der Waals surface area contributed by atoms with Gasteiger partial charge >= 0.3 is 0 Å². The first-order valence-electron chi connectivity index (χ1n) is 13.9. The van der Waals surface area contributed by atoms with Crippen LogP contribution in [0.4, 0.5) is 0 Å². The van der Waals surface area contributed by atoms with Crippen molar-refractivity contribution in [2.75, 3.05) is 19.6 Å². The van der Waals surface area contributed by atoms with Gasteiger partial charge in [-0.3, -0.25) is 9.59 Å². The van der Waals surface area contributed by atoms with Crippen LogP contribution in [0.2, 0.25) is 5.02 Å². The molecule has 3 aromatic carbocycles. The number of imidazole rings is 1. The Hall–Kier alpha value is -4.20. The van der Waals surface area contributed by atoms with Crippen molar-refractivity contribution in [2.24, 2.45) is 0 Å². The lowest BCUT2D eigenvalue weighted by atomic mass is 9.90. The van der Waals surface area contributed by atoms with Gasteiger partial charge in [-0.1, -0.05) is 84.4 Å². The number of hydrogen-bond donors (Lipinski definition) is 3. The quantitative estimate of drug-likeness (QED) is 0.240. The molecule has 4 aromatic rings. The number of amides is 2. The van der Waals surface area contributed by atoms with Crippen molar-refractivity contribution in [1.82, 2.24) is 25.5 Å². The number of hydrogen-bond acceptors (Lipinski definition) is 4. The van der Waals surface area contributed by atoms with Gasteiger partial charge < -0.3 is 20.5 Å². The van der Waals surface area contributed by atoms with Crippen LogP contribution in [0.5, 0.6) is 0 Å². The summed E-state index contributed by atoms with van der Waals surface area (Å²) in [6, 6.07) is 27.4. The van der Waals surface area contributed by atoms with Gasteiger partial charge in [-0.15, -0.1) is 0 Å². The van der Waals surface area contributed by atoms with Crippen LogP contribution in [-0.4, -0.2) is 58.4 Å². The predicted molar refractivity (Wildman–Crippen MR) is 162 cm³/mol. The van der Waals surface area contributed by atoms with Crippen molar-refractivity contribution in [2.45, 2.75) is 30.8 Å². The van der Waals surface area contributed by atoms with Crippen molar-refractivity contribution < 1.29 is 9.59 Å². The Labute approximate surface area is 245 Å². The first kappa shape index (κ1) is 28.3. The van der Waals surface area contributed by atoms with Gasteiger partial charge in [-0.25, -0.2) is 4.98 Å². The molecule has 1 saturated heterocycles. The number of carbonyl (C=O) groups is 2. The molecule has 1 aliphatic rings. The molecule has 3 N–H and O–H groups in total. The van der Waals surface area contributed by atoms with Gasteiger partial charge in [0.1, 0.15) is 0 Å². The third-order valence-corrected chi connectivity index (χ3v) is 7.65. The molecule has 1 aromatic heterocycles. The minimum atomic E-state index is -0.448. The van der Waals surface area contributed by atoms with Gasteiger partial charge in [0.15, 0.2) is 0 Å². The minimum absolute atomic E-state index is 0.0448. The molecular formula is C33H34ClN5O2. The number of halogens is 1. The third kappa shape index (κ3) is 7.93. The zero-order valence-electron chi connectivity index (χ0n) is 22.7. The van der Waals surface area contributed by atoms with E-state index in [-0.39, 0.29) is 23.8 Å². The summed E-state index contributed by atoms with van der Waals surface area (Å²) in [5.74, 6) is -0.0937. The number of rotatable bonds is 10. The highest BCUT2D eigenvalue weighted by Crippen LogP contribution is 2.27. The molecule has 0 saturated carbocycles. The molecule has 41 heavy (non-hydrogen) atoms. The number of aromatic nitrogens is 2. The molecule has 7 nitrogen and oxygen atoms in total. The first-order valence-corrected chi connectivity index (χ1v) is 14.3. The molecule has 1 fully saturated rings. The maximum Gasteiger partial charge on any atom is 0.244 e. The van der Waals surface area contributed by atoms with Crippen molar-refractivity contribution in [1.29, 1.82) is 0 Å². The van der Waals surface area contributed by atoms with E-state index in [1.165, 1.54) is 17.2 Å². The standard InChI is InChI=1S/C33H34ClN5O2/c34-27-14-11-24(12-15-27)13-16-32(40)36-21-28-17-18-39(33(41)31(38-28)19-29-20-35-23-37-29)22-30(25-7-3-1-4-8-25)26-9-5-2-6-10-26/h1-16,20,23,28,30-31,38H,17-19,21-22H2,(H,35,37)(H,36,40)/b16-13+/t28-,31-/m0/s1. The van der Waals surface area contributed by atoms with Gasteiger partial charge in [-0.2, -0.15) is 0 Å².